The van der Waals surface area contributed by atoms with Crippen LogP contribution in [0.3, 0.4) is 0 Å². The van der Waals surface area contributed by atoms with E-state index in [9.17, 15) is 10.1 Å². The van der Waals surface area contributed by atoms with Crippen LogP contribution in [-0.2, 0) is 0 Å². The zero-order valence-corrected chi connectivity index (χ0v) is 11.0. The average Bonchev–Trinajstić information content (AvgIpc) is 2.20. The Balaban J connectivity index is 2.32. The smallest absolute Gasteiger partial charge is 0.270 e. The van der Waals surface area contributed by atoms with E-state index in [1.165, 1.54) is 0 Å². The number of guanidine groups is 1. The van der Waals surface area contributed by atoms with Gasteiger partial charge in [-0.1, -0.05) is 31.9 Å². The van der Waals surface area contributed by atoms with Crippen LogP contribution >= 0.6 is 31.9 Å². The first kappa shape index (κ1) is 12.7. The van der Waals surface area contributed by atoms with E-state index in [0.717, 1.165) is 11.9 Å². The maximum Gasteiger partial charge on any atom is 0.270 e. The Bertz CT molecular complexity index is 252. The van der Waals surface area contributed by atoms with Gasteiger partial charge in [-0.25, -0.2) is 10.1 Å². The van der Waals surface area contributed by atoms with E-state index in [0.29, 0.717) is 18.2 Å². The lowest BCUT2D eigenvalue weighted by Gasteiger charge is -2.29. The SMILES string of the molecule is O=[N+]([O-])N=C1NCN(C[C@@H](Br)CBr)CN1. The summed E-state index contributed by atoms with van der Waals surface area (Å²) in [4.78, 5) is 12.5. The van der Waals surface area contributed by atoms with Crippen molar-refractivity contribution in [2.45, 2.75) is 4.83 Å². The number of hydrogen-bond acceptors (Lipinski definition) is 3. The molecular formula is C6H11Br2N5O2. The molecule has 1 aliphatic heterocycles. The van der Waals surface area contributed by atoms with Crippen molar-refractivity contribution in [1.29, 1.82) is 0 Å². The zero-order chi connectivity index (χ0) is 11.3. The van der Waals surface area contributed by atoms with Crippen molar-refractivity contribution >= 4 is 37.8 Å². The van der Waals surface area contributed by atoms with Crippen LogP contribution in [0, 0.1) is 10.1 Å². The van der Waals surface area contributed by atoms with Crippen LogP contribution in [0.1, 0.15) is 0 Å². The molecular weight excluding hydrogens is 334 g/mol. The molecule has 0 spiro atoms. The molecule has 0 bridgehead atoms. The molecule has 0 aliphatic carbocycles. The van der Waals surface area contributed by atoms with Crippen LogP contribution in [0.15, 0.2) is 5.10 Å². The fraction of sp³-hybridized carbons (Fsp3) is 0.833. The Hall–Kier alpha value is -0.410. The first-order valence-electron chi connectivity index (χ1n) is 4.25. The molecule has 0 aromatic rings. The van der Waals surface area contributed by atoms with Crippen LogP contribution in [0.5, 0.6) is 0 Å². The van der Waals surface area contributed by atoms with Gasteiger partial charge in [0.25, 0.3) is 5.96 Å². The van der Waals surface area contributed by atoms with Crippen molar-refractivity contribution in [2.24, 2.45) is 5.10 Å². The third-order valence-electron chi connectivity index (χ3n) is 1.75. The van der Waals surface area contributed by atoms with Crippen molar-refractivity contribution in [3.05, 3.63) is 10.1 Å². The highest BCUT2D eigenvalue weighted by Gasteiger charge is 2.17. The highest BCUT2D eigenvalue weighted by molar-refractivity contribution is 9.12. The van der Waals surface area contributed by atoms with Gasteiger partial charge >= 0.3 is 0 Å². The summed E-state index contributed by atoms with van der Waals surface area (Å²) >= 11 is 6.84. The summed E-state index contributed by atoms with van der Waals surface area (Å²) in [5.41, 5.74) is 0. The standard InChI is InChI=1S/C6H11Br2N5O2/c7-1-5(8)2-12-3-9-6(10-4-12)11-13(14)15/h5H,1-4H2,(H2,9,10,11)/t5-/m0/s1. The predicted octanol–water partition coefficient (Wildman–Crippen LogP) is 0.102. The molecule has 0 unspecified atom stereocenters. The van der Waals surface area contributed by atoms with Crippen LogP contribution in [0.2, 0.25) is 0 Å². The number of halogens is 2. The Kier molecular flexibility index (Phi) is 5.26. The maximum atomic E-state index is 10.1. The van der Waals surface area contributed by atoms with Crippen molar-refractivity contribution in [1.82, 2.24) is 15.5 Å². The van der Waals surface area contributed by atoms with E-state index in [2.05, 4.69) is 52.5 Å². The quantitative estimate of drug-likeness (QED) is 0.429. The largest absolute Gasteiger partial charge is 0.338 e. The second-order valence-corrected chi connectivity index (χ2v) is 4.90. The molecule has 9 heteroatoms. The minimum Gasteiger partial charge on any atom is -0.338 e. The lowest BCUT2D eigenvalue weighted by Crippen LogP contribution is -2.56. The van der Waals surface area contributed by atoms with Crippen molar-refractivity contribution in [2.75, 3.05) is 25.2 Å². The van der Waals surface area contributed by atoms with Crippen LogP contribution in [0.4, 0.5) is 0 Å². The fourth-order valence-electron chi connectivity index (χ4n) is 1.10. The summed E-state index contributed by atoms with van der Waals surface area (Å²) in [6.45, 7) is 1.94. The highest BCUT2D eigenvalue weighted by Crippen LogP contribution is 2.05. The van der Waals surface area contributed by atoms with E-state index in [4.69, 9.17) is 0 Å². The summed E-state index contributed by atoms with van der Waals surface area (Å²) in [6, 6.07) is 0. The summed E-state index contributed by atoms with van der Waals surface area (Å²) in [5.74, 6) is 0.209. The molecule has 86 valence electrons. The van der Waals surface area contributed by atoms with Gasteiger partial charge < -0.3 is 10.6 Å². The summed E-state index contributed by atoms with van der Waals surface area (Å²) < 4.78 is 0. The summed E-state index contributed by atoms with van der Waals surface area (Å²) in [5, 5.41) is 19.0. The highest BCUT2D eigenvalue weighted by atomic mass is 79.9. The van der Waals surface area contributed by atoms with Crippen molar-refractivity contribution < 1.29 is 5.03 Å². The minimum absolute atomic E-state index is 0.209. The number of alkyl halides is 2. The third-order valence-corrected chi connectivity index (χ3v) is 4.01. The number of nitro groups is 1. The average molecular weight is 345 g/mol. The molecule has 15 heavy (non-hydrogen) atoms. The molecule has 2 N–H and O–H groups in total. The number of hydrazone groups is 1. The topological polar surface area (TPSA) is 82.8 Å². The summed E-state index contributed by atoms with van der Waals surface area (Å²) in [6.07, 6.45) is 0. The second-order valence-electron chi connectivity index (χ2n) is 2.96. The Labute approximate surface area is 104 Å². The second kappa shape index (κ2) is 6.23. The van der Waals surface area contributed by atoms with Gasteiger partial charge in [0.2, 0.25) is 0 Å². The van der Waals surface area contributed by atoms with E-state index in [1.807, 2.05) is 0 Å². The molecule has 1 rings (SSSR count). The lowest BCUT2D eigenvalue weighted by atomic mass is 10.4. The fourth-order valence-corrected chi connectivity index (χ4v) is 1.72. The molecule has 1 saturated heterocycles. The van der Waals surface area contributed by atoms with Gasteiger partial charge in [0, 0.05) is 16.7 Å². The number of rotatable bonds is 4. The Morgan fingerprint density at radius 1 is 1.60 bits per heavy atom. The van der Waals surface area contributed by atoms with Crippen molar-refractivity contribution in [3.8, 4) is 0 Å². The lowest BCUT2D eigenvalue weighted by molar-refractivity contribution is -0.485. The van der Waals surface area contributed by atoms with E-state index < -0.39 is 5.03 Å². The zero-order valence-electron chi connectivity index (χ0n) is 7.82. The van der Waals surface area contributed by atoms with E-state index in [1.54, 1.807) is 0 Å². The normalized spacial score (nSPS) is 18.9. The molecule has 1 aliphatic rings. The molecule has 1 fully saturated rings. The Morgan fingerprint density at radius 2 is 2.20 bits per heavy atom. The molecule has 1 atom stereocenters. The number of hydrogen-bond donors (Lipinski definition) is 2. The van der Waals surface area contributed by atoms with Gasteiger partial charge in [-0.2, -0.15) is 0 Å². The van der Waals surface area contributed by atoms with Crippen LogP contribution < -0.4 is 10.6 Å². The van der Waals surface area contributed by atoms with Gasteiger partial charge in [-0.15, -0.1) is 0 Å². The minimum atomic E-state index is -0.725. The summed E-state index contributed by atoms with van der Waals surface area (Å²) in [7, 11) is 0. The molecule has 0 aromatic heterocycles. The number of nitrogens with zero attached hydrogens (tertiary/aromatic N) is 3. The number of nitrogens with one attached hydrogen (secondary N) is 2. The van der Waals surface area contributed by atoms with Gasteiger partial charge in [-0.3, -0.25) is 4.90 Å². The first-order chi connectivity index (χ1) is 7.11. The Morgan fingerprint density at radius 3 is 2.67 bits per heavy atom. The van der Waals surface area contributed by atoms with E-state index >= 15 is 0 Å². The van der Waals surface area contributed by atoms with Crippen molar-refractivity contribution in [3.63, 3.8) is 0 Å². The molecule has 0 radical (unpaired) electrons. The molecule has 0 aromatic carbocycles. The monoisotopic (exact) mass is 343 g/mol. The maximum absolute atomic E-state index is 10.1. The first-order valence-corrected chi connectivity index (χ1v) is 6.28. The van der Waals surface area contributed by atoms with E-state index in [-0.39, 0.29) is 5.96 Å². The predicted molar refractivity (Wildman–Crippen MR) is 63.6 cm³/mol. The van der Waals surface area contributed by atoms with Gasteiger partial charge in [0.15, 0.2) is 5.03 Å². The molecule has 7 nitrogen and oxygen atoms in total. The molecule has 0 saturated carbocycles. The molecule has 1 heterocycles. The van der Waals surface area contributed by atoms with Gasteiger partial charge in [-0.05, 0) is 0 Å². The van der Waals surface area contributed by atoms with Gasteiger partial charge in [0.1, 0.15) is 5.10 Å². The third kappa shape index (κ3) is 4.76. The van der Waals surface area contributed by atoms with Crippen LogP contribution in [-0.4, -0.2) is 45.9 Å². The molecule has 0 amide bonds. The van der Waals surface area contributed by atoms with Crippen LogP contribution in [0.25, 0.3) is 0 Å². The van der Waals surface area contributed by atoms with Gasteiger partial charge in [0.05, 0.1) is 13.3 Å².